The number of hydrogen-bond acceptors (Lipinski definition) is 0. The molecule has 1 heteroatoms. The molecule has 0 nitrogen and oxygen atoms in total. The zero-order chi connectivity index (χ0) is 8.97. The highest BCUT2D eigenvalue weighted by atomic mass is 35.5. The fraction of sp³-hybridized carbons (Fsp3) is 1.00. The Morgan fingerprint density at radius 3 is 2.58 bits per heavy atom. The van der Waals surface area contributed by atoms with Crippen LogP contribution in [-0.2, 0) is 0 Å². The second-order valence-electron chi connectivity index (χ2n) is 4.15. The molecule has 3 atom stereocenters. The molecule has 1 fully saturated rings. The summed E-state index contributed by atoms with van der Waals surface area (Å²) in [5, 5.41) is 0.479. The minimum Gasteiger partial charge on any atom is -0.123 e. The predicted molar refractivity (Wildman–Crippen MR) is 55.7 cm³/mol. The fourth-order valence-electron chi connectivity index (χ4n) is 2.36. The van der Waals surface area contributed by atoms with Gasteiger partial charge in [0.15, 0.2) is 0 Å². The predicted octanol–water partition coefficient (Wildman–Crippen LogP) is 4.22. The molecular weight excluding hydrogens is 168 g/mol. The van der Waals surface area contributed by atoms with Crippen molar-refractivity contribution in [3.8, 4) is 0 Å². The van der Waals surface area contributed by atoms with Crippen LogP contribution in [0.5, 0.6) is 0 Å². The second-order valence-corrected chi connectivity index (χ2v) is 4.71. The summed E-state index contributed by atoms with van der Waals surface area (Å²) in [6, 6.07) is 0. The molecule has 3 unspecified atom stereocenters. The zero-order valence-corrected chi connectivity index (χ0v) is 9.11. The molecule has 0 radical (unpaired) electrons. The third kappa shape index (κ3) is 2.65. The Balaban J connectivity index is 2.36. The Kier molecular flexibility index (Phi) is 4.42. The average Bonchev–Trinajstić information content (AvgIpc) is 2.09. The van der Waals surface area contributed by atoms with Crippen molar-refractivity contribution in [2.45, 2.75) is 57.7 Å². The highest BCUT2D eigenvalue weighted by Crippen LogP contribution is 2.36. The van der Waals surface area contributed by atoms with Gasteiger partial charge in [-0.05, 0) is 37.5 Å². The van der Waals surface area contributed by atoms with Gasteiger partial charge >= 0.3 is 0 Å². The molecule has 0 aliphatic heterocycles. The first-order valence-corrected chi connectivity index (χ1v) is 5.85. The van der Waals surface area contributed by atoms with Crippen LogP contribution >= 0.6 is 11.6 Å². The lowest BCUT2D eigenvalue weighted by atomic mass is 9.78. The maximum atomic E-state index is 6.28. The third-order valence-corrected chi connectivity index (χ3v) is 3.81. The highest BCUT2D eigenvalue weighted by Gasteiger charge is 2.27. The first-order chi connectivity index (χ1) is 5.77. The summed E-state index contributed by atoms with van der Waals surface area (Å²) in [6.07, 6.45) is 7.99. The Hall–Kier alpha value is 0.290. The maximum Gasteiger partial charge on any atom is 0.0364 e. The molecule has 0 bridgehead atoms. The van der Waals surface area contributed by atoms with Crippen LogP contribution in [0.15, 0.2) is 0 Å². The van der Waals surface area contributed by atoms with Gasteiger partial charge in [0.05, 0.1) is 0 Å². The van der Waals surface area contributed by atoms with Gasteiger partial charge in [0, 0.05) is 5.38 Å². The van der Waals surface area contributed by atoms with Gasteiger partial charge in [0.25, 0.3) is 0 Å². The summed E-state index contributed by atoms with van der Waals surface area (Å²) in [4.78, 5) is 0. The van der Waals surface area contributed by atoms with Gasteiger partial charge in [-0.1, -0.05) is 26.7 Å². The molecule has 1 aliphatic carbocycles. The average molecular weight is 189 g/mol. The van der Waals surface area contributed by atoms with Crippen LogP contribution in [0, 0.1) is 11.8 Å². The molecule has 72 valence electrons. The lowest BCUT2D eigenvalue weighted by molar-refractivity contribution is 0.253. The lowest BCUT2D eigenvalue weighted by Gasteiger charge is -2.32. The van der Waals surface area contributed by atoms with E-state index < -0.39 is 0 Å². The molecule has 0 spiro atoms. The molecule has 12 heavy (non-hydrogen) atoms. The summed E-state index contributed by atoms with van der Waals surface area (Å²) in [7, 11) is 0. The highest BCUT2D eigenvalue weighted by molar-refractivity contribution is 6.20. The van der Waals surface area contributed by atoms with E-state index in [1.807, 2.05) is 0 Å². The third-order valence-electron chi connectivity index (χ3n) is 3.24. The van der Waals surface area contributed by atoms with Crippen molar-refractivity contribution < 1.29 is 0 Å². The van der Waals surface area contributed by atoms with Crippen molar-refractivity contribution >= 4 is 11.6 Å². The van der Waals surface area contributed by atoms with Gasteiger partial charge in [-0.3, -0.25) is 0 Å². The van der Waals surface area contributed by atoms with E-state index in [4.69, 9.17) is 11.6 Å². The molecule has 0 saturated heterocycles. The Morgan fingerprint density at radius 1 is 1.25 bits per heavy atom. The molecule has 0 amide bonds. The molecule has 0 heterocycles. The summed E-state index contributed by atoms with van der Waals surface area (Å²) < 4.78 is 0. The standard InChI is InChI=1S/C11H21Cl/c1-3-5-10-8-9(4-2)6-7-11(10)12/h9-11H,3-8H2,1-2H3. The molecule has 1 rings (SSSR count). The smallest absolute Gasteiger partial charge is 0.0364 e. The van der Waals surface area contributed by atoms with Crippen LogP contribution in [0.1, 0.15) is 52.4 Å². The number of rotatable bonds is 3. The van der Waals surface area contributed by atoms with Crippen LogP contribution in [0.3, 0.4) is 0 Å². The van der Waals surface area contributed by atoms with E-state index in [0.29, 0.717) is 5.38 Å². The van der Waals surface area contributed by atoms with E-state index in [1.165, 1.54) is 38.5 Å². The van der Waals surface area contributed by atoms with Crippen molar-refractivity contribution in [3.05, 3.63) is 0 Å². The molecule has 1 saturated carbocycles. The molecule has 0 aromatic heterocycles. The molecule has 1 aliphatic rings. The fourth-order valence-corrected chi connectivity index (χ4v) is 2.72. The minimum absolute atomic E-state index is 0.479. The van der Waals surface area contributed by atoms with Gasteiger partial charge in [-0.15, -0.1) is 11.6 Å². The van der Waals surface area contributed by atoms with Crippen molar-refractivity contribution in [1.82, 2.24) is 0 Å². The van der Waals surface area contributed by atoms with E-state index in [2.05, 4.69) is 13.8 Å². The molecule has 0 aromatic carbocycles. The van der Waals surface area contributed by atoms with Gasteiger partial charge < -0.3 is 0 Å². The summed E-state index contributed by atoms with van der Waals surface area (Å²) >= 11 is 6.28. The summed E-state index contributed by atoms with van der Waals surface area (Å²) in [5.41, 5.74) is 0. The van der Waals surface area contributed by atoms with Gasteiger partial charge in [-0.2, -0.15) is 0 Å². The summed E-state index contributed by atoms with van der Waals surface area (Å²) in [5.74, 6) is 1.78. The Bertz CT molecular complexity index is 122. The SMILES string of the molecule is CCCC1CC(CC)CCC1Cl. The van der Waals surface area contributed by atoms with E-state index in [0.717, 1.165) is 11.8 Å². The van der Waals surface area contributed by atoms with Crippen molar-refractivity contribution in [2.75, 3.05) is 0 Å². The van der Waals surface area contributed by atoms with Crippen LogP contribution in [0.2, 0.25) is 0 Å². The van der Waals surface area contributed by atoms with Gasteiger partial charge in [-0.25, -0.2) is 0 Å². The number of hydrogen-bond donors (Lipinski definition) is 0. The Morgan fingerprint density at radius 2 is 2.00 bits per heavy atom. The topological polar surface area (TPSA) is 0 Å². The van der Waals surface area contributed by atoms with E-state index in [9.17, 15) is 0 Å². The van der Waals surface area contributed by atoms with Crippen LogP contribution in [-0.4, -0.2) is 5.38 Å². The minimum atomic E-state index is 0.479. The largest absolute Gasteiger partial charge is 0.123 e. The molecular formula is C11H21Cl. The van der Waals surface area contributed by atoms with Crippen molar-refractivity contribution in [2.24, 2.45) is 11.8 Å². The first kappa shape index (κ1) is 10.4. The van der Waals surface area contributed by atoms with E-state index in [1.54, 1.807) is 0 Å². The van der Waals surface area contributed by atoms with Crippen LogP contribution in [0.4, 0.5) is 0 Å². The lowest BCUT2D eigenvalue weighted by Crippen LogP contribution is -2.24. The van der Waals surface area contributed by atoms with Gasteiger partial charge in [0.2, 0.25) is 0 Å². The number of halogens is 1. The quantitative estimate of drug-likeness (QED) is 0.582. The van der Waals surface area contributed by atoms with Crippen LogP contribution < -0.4 is 0 Å². The molecule has 0 N–H and O–H groups in total. The Labute approximate surface area is 81.7 Å². The number of alkyl halides is 1. The zero-order valence-electron chi connectivity index (χ0n) is 8.35. The second kappa shape index (κ2) is 5.11. The first-order valence-electron chi connectivity index (χ1n) is 5.42. The van der Waals surface area contributed by atoms with Crippen molar-refractivity contribution in [1.29, 1.82) is 0 Å². The van der Waals surface area contributed by atoms with Crippen molar-refractivity contribution in [3.63, 3.8) is 0 Å². The van der Waals surface area contributed by atoms with E-state index >= 15 is 0 Å². The summed E-state index contributed by atoms with van der Waals surface area (Å²) in [6.45, 7) is 4.57. The monoisotopic (exact) mass is 188 g/mol. The van der Waals surface area contributed by atoms with Crippen LogP contribution in [0.25, 0.3) is 0 Å². The normalized spacial score (nSPS) is 36.8. The maximum absolute atomic E-state index is 6.28. The van der Waals surface area contributed by atoms with E-state index in [-0.39, 0.29) is 0 Å². The van der Waals surface area contributed by atoms with Gasteiger partial charge in [0.1, 0.15) is 0 Å². The molecule has 0 aromatic rings.